The minimum Gasteiger partial charge on any atom is -0.480 e. The van der Waals surface area contributed by atoms with Crippen molar-refractivity contribution in [3.8, 4) is 0 Å². The molecule has 0 aromatic carbocycles. The molecule has 0 bridgehead atoms. The van der Waals surface area contributed by atoms with E-state index in [9.17, 15) is 9.90 Å². The van der Waals surface area contributed by atoms with Gasteiger partial charge >= 0.3 is 5.97 Å². The van der Waals surface area contributed by atoms with Gasteiger partial charge in [-0.2, -0.15) is 0 Å². The molecule has 1 aliphatic carbocycles. The molecule has 0 radical (unpaired) electrons. The molecule has 2 N–H and O–H groups in total. The number of ether oxygens (including phenoxy) is 1. The first-order chi connectivity index (χ1) is 9.08. The number of aliphatic carboxylic acids is 1. The van der Waals surface area contributed by atoms with E-state index in [4.69, 9.17) is 4.74 Å². The molecular weight excluding hydrogens is 242 g/mol. The monoisotopic (exact) mass is 271 g/mol. The Labute approximate surface area is 116 Å². The Morgan fingerprint density at radius 3 is 2.63 bits per heavy atom. The fourth-order valence-electron chi connectivity index (χ4n) is 2.48. The van der Waals surface area contributed by atoms with Gasteiger partial charge in [0.15, 0.2) is 0 Å². The number of likely N-dealkylation sites (N-methyl/N-ethyl adjacent to an activating group) is 1. The molecule has 0 aromatic heterocycles. The number of carboxylic acids is 1. The Morgan fingerprint density at radius 2 is 2.11 bits per heavy atom. The molecule has 4 heteroatoms. The van der Waals surface area contributed by atoms with Crippen LogP contribution in [0, 0.1) is 5.92 Å². The summed E-state index contributed by atoms with van der Waals surface area (Å²) in [5.74, 6) is 0.143. The van der Waals surface area contributed by atoms with Gasteiger partial charge in [-0.15, -0.1) is 0 Å². The molecule has 1 saturated carbocycles. The molecule has 1 atom stereocenters. The molecule has 0 aromatic rings. The largest absolute Gasteiger partial charge is 0.480 e. The first-order valence-corrected chi connectivity index (χ1v) is 7.64. The molecule has 0 heterocycles. The van der Waals surface area contributed by atoms with Gasteiger partial charge in [0.25, 0.3) is 0 Å². The third kappa shape index (κ3) is 5.91. The minimum absolute atomic E-state index is 0.655. The van der Waals surface area contributed by atoms with E-state index in [0.29, 0.717) is 13.0 Å². The fourth-order valence-corrected chi connectivity index (χ4v) is 2.48. The molecular formula is C15H29NO3. The molecule has 0 spiro atoms. The Bertz CT molecular complexity index is 266. The van der Waals surface area contributed by atoms with E-state index in [2.05, 4.69) is 5.32 Å². The first kappa shape index (κ1) is 16.4. The average Bonchev–Trinajstić information content (AvgIpc) is 2.30. The van der Waals surface area contributed by atoms with Crippen molar-refractivity contribution in [1.82, 2.24) is 5.32 Å². The maximum Gasteiger partial charge on any atom is 0.323 e. The van der Waals surface area contributed by atoms with E-state index in [1.807, 2.05) is 6.92 Å². The summed E-state index contributed by atoms with van der Waals surface area (Å²) >= 11 is 0. The standard InChI is InChI=1S/C15H29NO3/c1-3-16-15(2,14(17)18)10-4-5-11-19-12-9-13-7-6-8-13/h13,16H,3-12H2,1-2H3,(H,17,18). The zero-order valence-electron chi connectivity index (χ0n) is 12.4. The van der Waals surface area contributed by atoms with Crippen LogP contribution in [-0.2, 0) is 9.53 Å². The SMILES string of the molecule is CCNC(C)(CCCCOCCC1CCC1)C(=O)O. The molecule has 1 unspecified atom stereocenters. The first-order valence-electron chi connectivity index (χ1n) is 7.64. The summed E-state index contributed by atoms with van der Waals surface area (Å²) in [6, 6.07) is 0. The number of unbranched alkanes of at least 4 members (excludes halogenated alkanes) is 1. The summed E-state index contributed by atoms with van der Waals surface area (Å²) in [5.41, 5.74) is -0.791. The van der Waals surface area contributed by atoms with Crippen molar-refractivity contribution >= 4 is 5.97 Å². The quantitative estimate of drug-likeness (QED) is 0.567. The lowest BCUT2D eigenvalue weighted by atomic mass is 9.83. The second kappa shape index (κ2) is 8.54. The smallest absolute Gasteiger partial charge is 0.323 e. The maximum atomic E-state index is 11.2. The van der Waals surface area contributed by atoms with Crippen LogP contribution in [0.25, 0.3) is 0 Å². The third-order valence-electron chi connectivity index (χ3n) is 4.15. The van der Waals surface area contributed by atoms with Crippen molar-refractivity contribution in [1.29, 1.82) is 0 Å². The molecule has 0 aliphatic heterocycles. The Morgan fingerprint density at radius 1 is 1.37 bits per heavy atom. The van der Waals surface area contributed by atoms with Crippen LogP contribution in [0.1, 0.15) is 58.8 Å². The Balaban J connectivity index is 2.00. The van der Waals surface area contributed by atoms with Crippen molar-refractivity contribution in [3.63, 3.8) is 0 Å². The number of nitrogens with one attached hydrogen (secondary N) is 1. The number of hydrogen-bond acceptors (Lipinski definition) is 3. The highest BCUT2D eigenvalue weighted by Gasteiger charge is 2.30. The van der Waals surface area contributed by atoms with Crippen LogP contribution in [0.3, 0.4) is 0 Å². The van der Waals surface area contributed by atoms with Gasteiger partial charge in [-0.25, -0.2) is 0 Å². The molecule has 19 heavy (non-hydrogen) atoms. The molecule has 1 aliphatic rings. The summed E-state index contributed by atoms with van der Waals surface area (Å²) in [4.78, 5) is 11.2. The molecule has 4 nitrogen and oxygen atoms in total. The summed E-state index contributed by atoms with van der Waals surface area (Å²) in [6.45, 7) is 6.00. The zero-order chi connectivity index (χ0) is 14.1. The van der Waals surface area contributed by atoms with E-state index in [1.54, 1.807) is 6.92 Å². The predicted molar refractivity (Wildman–Crippen MR) is 76.3 cm³/mol. The summed E-state index contributed by atoms with van der Waals surface area (Å²) < 4.78 is 5.61. The van der Waals surface area contributed by atoms with Crippen molar-refractivity contribution in [2.75, 3.05) is 19.8 Å². The molecule has 1 rings (SSSR count). The Hall–Kier alpha value is -0.610. The number of carboxylic acid groups (broad SMARTS) is 1. The zero-order valence-corrected chi connectivity index (χ0v) is 12.4. The van der Waals surface area contributed by atoms with Crippen molar-refractivity contribution < 1.29 is 14.6 Å². The van der Waals surface area contributed by atoms with Crippen LogP contribution >= 0.6 is 0 Å². The second-order valence-electron chi connectivity index (χ2n) is 5.82. The second-order valence-corrected chi connectivity index (χ2v) is 5.82. The maximum absolute atomic E-state index is 11.2. The number of hydrogen-bond donors (Lipinski definition) is 2. The van der Waals surface area contributed by atoms with Crippen LogP contribution in [0.4, 0.5) is 0 Å². The van der Waals surface area contributed by atoms with Gasteiger partial charge in [0.2, 0.25) is 0 Å². The highest BCUT2D eigenvalue weighted by atomic mass is 16.5. The molecule has 112 valence electrons. The lowest BCUT2D eigenvalue weighted by Crippen LogP contribution is -2.49. The highest BCUT2D eigenvalue weighted by molar-refractivity contribution is 5.78. The average molecular weight is 271 g/mol. The van der Waals surface area contributed by atoms with Crippen molar-refractivity contribution in [3.05, 3.63) is 0 Å². The summed E-state index contributed by atoms with van der Waals surface area (Å²) in [6.07, 6.45) is 7.83. The van der Waals surface area contributed by atoms with Crippen LogP contribution in [0.5, 0.6) is 0 Å². The fraction of sp³-hybridized carbons (Fsp3) is 0.933. The van der Waals surface area contributed by atoms with Crippen molar-refractivity contribution in [2.24, 2.45) is 5.92 Å². The topological polar surface area (TPSA) is 58.6 Å². The molecule has 1 fully saturated rings. The van der Waals surface area contributed by atoms with Crippen LogP contribution in [0.15, 0.2) is 0 Å². The minimum atomic E-state index is -0.791. The van der Waals surface area contributed by atoms with Gasteiger partial charge < -0.3 is 15.2 Å². The van der Waals surface area contributed by atoms with E-state index in [0.717, 1.165) is 32.0 Å². The van der Waals surface area contributed by atoms with Crippen molar-refractivity contribution in [2.45, 2.75) is 64.3 Å². The lowest BCUT2D eigenvalue weighted by Gasteiger charge is -2.26. The van der Waals surface area contributed by atoms with Gasteiger partial charge in [0.1, 0.15) is 5.54 Å². The van der Waals surface area contributed by atoms with E-state index >= 15 is 0 Å². The van der Waals surface area contributed by atoms with E-state index in [-0.39, 0.29) is 0 Å². The molecule has 0 saturated heterocycles. The number of rotatable bonds is 11. The normalized spacial score (nSPS) is 18.8. The summed E-state index contributed by atoms with van der Waals surface area (Å²) in [5, 5.41) is 12.3. The van der Waals surface area contributed by atoms with E-state index in [1.165, 1.54) is 25.7 Å². The highest BCUT2D eigenvalue weighted by Crippen LogP contribution is 2.29. The Kier molecular flexibility index (Phi) is 7.39. The molecule has 0 amide bonds. The third-order valence-corrected chi connectivity index (χ3v) is 4.15. The van der Waals surface area contributed by atoms with Gasteiger partial charge in [0, 0.05) is 13.2 Å². The van der Waals surface area contributed by atoms with Gasteiger partial charge in [-0.3, -0.25) is 4.79 Å². The van der Waals surface area contributed by atoms with E-state index < -0.39 is 11.5 Å². The van der Waals surface area contributed by atoms with Gasteiger partial charge in [-0.1, -0.05) is 26.2 Å². The number of carbonyl (C=O) groups is 1. The predicted octanol–water partition coefficient (Wildman–Crippen LogP) is 2.82. The lowest BCUT2D eigenvalue weighted by molar-refractivity contribution is -0.144. The van der Waals surface area contributed by atoms with Gasteiger partial charge in [0.05, 0.1) is 0 Å². The van der Waals surface area contributed by atoms with Crippen LogP contribution in [-0.4, -0.2) is 36.4 Å². The van der Waals surface area contributed by atoms with Gasteiger partial charge in [-0.05, 0) is 45.1 Å². The summed E-state index contributed by atoms with van der Waals surface area (Å²) in [7, 11) is 0. The van der Waals surface area contributed by atoms with Crippen LogP contribution < -0.4 is 5.32 Å². The van der Waals surface area contributed by atoms with Crippen LogP contribution in [0.2, 0.25) is 0 Å².